The molecule has 0 unspecified atom stereocenters. The molecule has 244 valence electrons. The van der Waals surface area contributed by atoms with Crippen LogP contribution in [0.4, 0.5) is 5.82 Å². The molecular formula is C33H40N6O7. The molecule has 1 aliphatic rings. The van der Waals surface area contributed by atoms with Crippen molar-refractivity contribution >= 4 is 29.4 Å². The van der Waals surface area contributed by atoms with E-state index >= 15 is 0 Å². The molecule has 0 radical (unpaired) electrons. The number of benzene rings is 2. The Morgan fingerprint density at radius 2 is 1.74 bits per heavy atom. The van der Waals surface area contributed by atoms with Gasteiger partial charge in [-0.25, -0.2) is 4.98 Å². The molecule has 0 saturated carbocycles. The Labute approximate surface area is 267 Å². The van der Waals surface area contributed by atoms with E-state index in [9.17, 15) is 19.2 Å². The van der Waals surface area contributed by atoms with Gasteiger partial charge in [0.25, 0.3) is 11.8 Å². The zero-order chi connectivity index (χ0) is 33.2. The van der Waals surface area contributed by atoms with Crippen molar-refractivity contribution in [2.24, 2.45) is 5.92 Å². The minimum atomic E-state index is -0.897. The first-order chi connectivity index (χ1) is 22.1. The predicted octanol–water partition coefficient (Wildman–Crippen LogP) is 2.90. The molecule has 0 saturated heterocycles. The summed E-state index contributed by atoms with van der Waals surface area (Å²) in [6.45, 7) is 3.85. The maximum atomic E-state index is 13.5. The van der Waals surface area contributed by atoms with Gasteiger partial charge in [-0.3, -0.25) is 19.2 Å². The van der Waals surface area contributed by atoms with E-state index in [0.717, 1.165) is 0 Å². The highest BCUT2D eigenvalue weighted by atomic mass is 16.5. The number of nitrogens with two attached hydrogens (primary N) is 1. The molecule has 2 heterocycles. The number of methoxy groups -OCH3 is 2. The fourth-order valence-electron chi connectivity index (χ4n) is 4.95. The summed E-state index contributed by atoms with van der Waals surface area (Å²) in [6, 6.07) is 13.8. The van der Waals surface area contributed by atoms with Crippen LogP contribution in [0.2, 0.25) is 0 Å². The van der Waals surface area contributed by atoms with Gasteiger partial charge in [0, 0.05) is 18.7 Å². The van der Waals surface area contributed by atoms with Crippen molar-refractivity contribution in [1.29, 1.82) is 0 Å². The van der Waals surface area contributed by atoms with Crippen molar-refractivity contribution in [3.63, 3.8) is 0 Å². The van der Waals surface area contributed by atoms with Gasteiger partial charge in [-0.15, -0.1) is 0 Å². The van der Waals surface area contributed by atoms with E-state index in [1.54, 1.807) is 48.5 Å². The van der Waals surface area contributed by atoms with Crippen LogP contribution in [0.1, 0.15) is 53.1 Å². The average Bonchev–Trinajstić information content (AvgIpc) is 3.04. The Kier molecular flexibility index (Phi) is 11.4. The second-order valence-corrected chi connectivity index (χ2v) is 11.0. The van der Waals surface area contributed by atoms with Crippen LogP contribution in [0.5, 0.6) is 23.0 Å². The summed E-state index contributed by atoms with van der Waals surface area (Å²) >= 11 is 0. The summed E-state index contributed by atoms with van der Waals surface area (Å²) in [5.41, 5.74) is 6.77. The molecule has 1 aliphatic heterocycles. The average molecular weight is 633 g/mol. The molecular weight excluding hydrogens is 592 g/mol. The molecule has 0 aliphatic carbocycles. The predicted molar refractivity (Wildman–Crippen MR) is 171 cm³/mol. The Balaban J connectivity index is 1.67. The van der Waals surface area contributed by atoms with Crippen molar-refractivity contribution in [2.75, 3.05) is 39.6 Å². The molecule has 4 amide bonds. The third kappa shape index (κ3) is 8.43. The van der Waals surface area contributed by atoms with E-state index in [1.165, 1.54) is 25.2 Å². The highest BCUT2D eigenvalue weighted by Crippen LogP contribution is 2.37. The van der Waals surface area contributed by atoms with E-state index in [0.29, 0.717) is 53.5 Å². The lowest BCUT2D eigenvalue weighted by Crippen LogP contribution is -2.52. The Morgan fingerprint density at radius 3 is 2.46 bits per heavy atom. The minimum Gasteiger partial charge on any atom is -0.496 e. The van der Waals surface area contributed by atoms with Gasteiger partial charge >= 0.3 is 0 Å². The fraction of sp³-hybridized carbons (Fsp3) is 0.364. The highest BCUT2D eigenvalue weighted by Gasteiger charge is 2.27. The first-order valence-electron chi connectivity index (χ1n) is 15.0. The van der Waals surface area contributed by atoms with Crippen molar-refractivity contribution in [3.8, 4) is 23.0 Å². The van der Waals surface area contributed by atoms with Gasteiger partial charge in [-0.05, 0) is 61.2 Å². The second kappa shape index (κ2) is 15.6. The lowest BCUT2D eigenvalue weighted by atomic mass is 10.0. The highest BCUT2D eigenvalue weighted by molar-refractivity contribution is 5.96. The smallest absolute Gasteiger partial charge is 0.273 e. The summed E-state index contributed by atoms with van der Waals surface area (Å²) < 4.78 is 17.3. The summed E-state index contributed by atoms with van der Waals surface area (Å²) in [7, 11) is 3.00. The van der Waals surface area contributed by atoms with Crippen LogP contribution in [-0.2, 0) is 16.1 Å². The lowest BCUT2D eigenvalue weighted by molar-refractivity contribution is -0.130. The SMILES string of the molecule is COc1ccc2cc1Oc1cccc(OC)c1CNC(=O)[C@@H](C(C)C)NC(=O)CN(C(=O)c1cccc(N)n1)CCCCNC2=O. The number of hydrogen-bond acceptors (Lipinski definition) is 9. The minimum absolute atomic E-state index is 0.00543. The molecule has 2 bridgehead atoms. The number of aromatic nitrogens is 1. The number of fused-ring (bicyclic) bond motifs is 3. The van der Waals surface area contributed by atoms with E-state index in [1.807, 2.05) is 13.8 Å². The van der Waals surface area contributed by atoms with E-state index in [-0.39, 0.29) is 43.0 Å². The van der Waals surface area contributed by atoms with Crippen LogP contribution in [0.25, 0.3) is 0 Å². The number of pyridine rings is 1. The zero-order valence-electron chi connectivity index (χ0n) is 26.4. The zero-order valence-corrected chi connectivity index (χ0v) is 26.4. The Morgan fingerprint density at radius 1 is 0.978 bits per heavy atom. The number of nitrogens with zero attached hydrogens (tertiary/aromatic N) is 2. The molecule has 13 nitrogen and oxygen atoms in total. The van der Waals surface area contributed by atoms with Crippen molar-refractivity contribution in [2.45, 2.75) is 39.3 Å². The van der Waals surface area contributed by atoms with Gasteiger partial charge in [0.15, 0.2) is 11.5 Å². The largest absolute Gasteiger partial charge is 0.496 e. The molecule has 5 N–H and O–H groups in total. The summed E-state index contributed by atoms with van der Waals surface area (Å²) in [6.07, 6.45) is 0.997. The van der Waals surface area contributed by atoms with E-state index in [4.69, 9.17) is 19.9 Å². The number of nitrogens with one attached hydrogen (secondary N) is 3. The van der Waals surface area contributed by atoms with E-state index < -0.39 is 23.8 Å². The number of amides is 4. The van der Waals surface area contributed by atoms with Gasteiger partial charge in [-0.1, -0.05) is 26.0 Å². The van der Waals surface area contributed by atoms with Crippen LogP contribution in [0.15, 0.2) is 54.6 Å². The van der Waals surface area contributed by atoms with Gasteiger partial charge in [0.1, 0.15) is 29.1 Å². The van der Waals surface area contributed by atoms with Crippen LogP contribution < -0.4 is 35.9 Å². The summed E-state index contributed by atoms with van der Waals surface area (Å²) in [5, 5.41) is 8.56. The van der Waals surface area contributed by atoms with Gasteiger partial charge in [0.05, 0.1) is 32.9 Å². The number of carbonyl (C=O) groups is 4. The number of hydrogen-bond donors (Lipinski definition) is 4. The second-order valence-electron chi connectivity index (χ2n) is 11.0. The first-order valence-corrected chi connectivity index (χ1v) is 15.0. The van der Waals surface area contributed by atoms with Crippen LogP contribution in [0.3, 0.4) is 0 Å². The third-order valence-electron chi connectivity index (χ3n) is 7.41. The Hall–Kier alpha value is -5.33. The molecule has 1 aromatic heterocycles. The van der Waals surface area contributed by atoms with Gasteiger partial charge in [-0.2, -0.15) is 0 Å². The van der Waals surface area contributed by atoms with E-state index in [2.05, 4.69) is 20.9 Å². The summed E-state index contributed by atoms with van der Waals surface area (Å²) in [4.78, 5) is 58.7. The number of rotatable bonds is 4. The Bertz CT molecular complexity index is 1580. The normalized spacial score (nSPS) is 16.7. The molecule has 46 heavy (non-hydrogen) atoms. The van der Waals surface area contributed by atoms with Crippen LogP contribution in [-0.4, -0.2) is 73.4 Å². The molecule has 4 rings (SSSR count). The van der Waals surface area contributed by atoms with Gasteiger partial charge < -0.3 is 40.8 Å². The molecule has 0 fully saturated rings. The molecule has 3 aromatic rings. The molecule has 1 atom stereocenters. The van der Waals surface area contributed by atoms with Gasteiger partial charge in [0.2, 0.25) is 11.8 Å². The number of carbonyl (C=O) groups excluding carboxylic acids is 4. The quantitative estimate of drug-likeness (QED) is 0.337. The molecule has 0 spiro atoms. The fourth-order valence-corrected chi connectivity index (χ4v) is 4.95. The third-order valence-corrected chi connectivity index (χ3v) is 7.41. The van der Waals surface area contributed by atoms with Crippen LogP contribution >= 0.6 is 0 Å². The number of anilines is 1. The van der Waals surface area contributed by atoms with Crippen molar-refractivity contribution in [1.82, 2.24) is 25.8 Å². The summed E-state index contributed by atoms with van der Waals surface area (Å²) in [5.74, 6) is -0.313. The number of nitrogen functional groups attached to an aromatic ring is 1. The van der Waals surface area contributed by atoms with Crippen molar-refractivity contribution < 1.29 is 33.4 Å². The maximum absolute atomic E-state index is 13.5. The molecule has 13 heteroatoms. The van der Waals surface area contributed by atoms with Crippen molar-refractivity contribution in [3.05, 3.63) is 71.4 Å². The standard InChI is InChI=1S/C33H40N6O7/c1-20(2)30-32(42)36-18-22-24(44-3)10-8-11-25(22)46-27-17-21(13-14-26(27)45-4)31(41)35-15-5-6-16-39(19-29(40)38-30)33(43)23-9-7-12-28(34)37-23/h7-14,17,20,30H,5-6,15-16,18-19H2,1-4H3,(H2,34,37)(H,35,41)(H,36,42)(H,38,40)/t30-/m1/s1. The number of ether oxygens (including phenoxy) is 3. The maximum Gasteiger partial charge on any atom is 0.273 e. The first kappa shape index (κ1) is 33.6. The lowest BCUT2D eigenvalue weighted by Gasteiger charge is -2.26. The van der Waals surface area contributed by atoms with Crippen LogP contribution in [0, 0.1) is 5.92 Å². The topological polar surface area (TPSA) is 174 Å². The molecule has 2 aromatic carbocycles. The monoisotopic (exact) mass is 632 g/mol.